The van der Waals surface area contributed by atoms with Crippen molar-refractivity contribution < 1.29 is 4.79 Å². The lowest BCUT2D eigenvalue weighted by Crippen LogP contribution is -2.33. The Morgan fingerprint density at radius 1 is 1.17 bits per heavy atom. The van der Waals surface area contributed by atoms with Crippen molar-refractivity contribution in [2.24, 2.45) is 0 Å². The molecule has 4 heteroatoms. The summed E-state index contributed by atoms with van der Waals surface area (Å²) in [6, 6.07) is 16.3. The molecule has 1 amide bonds. The molecule has 1 aliphatic rings. The van der Waals surface area contributed by atoms with Crippen LogP contribution in [-0.4, -0.2) is 25.5 Å². The SMILES string of the molecule is O=C(NCCCN1CCCc2ccccc21)c1cccc(I)c1. The highest BCUT2D eigenvalue weighted by atomic mass is 127. The summed E-state index contributed by atoms with van der Waals surface area (Å²) in [5.74, 6) is 0.0163. The smallest absolute Gasteiger partial charge is 0.251 e. The van der Waals surface area contributed by atoms with Gasteiger partial charge in [-0.05, 0) is 71.7 Å². The topological polar surface area (TPSA) is 32.3 Å². The van der Waals surface area contributed by atoms with Gasteiger partial charge in [-0.2, -0.15) is 0 Å². The van der Waals surface area contributed by atoms with E-state index in [0.29, 0.717) is 6.54 Å². The van der Waals surface area contributed by atoms with E-state index < -0.39 is 0 Å². The second-order valence-electron chi connectivity index (χ2n) is 5.84. The molecule has 0 unspecified atom stereocenters. The number of para-hydroxylation sites is 1. The third-order valence-corrected chi connectivity index (χ3v) is 4.85. The molecule has 0 aromatic heterocycles. The maximum Gasteiger partial charge on any atom is 0.251 e. The normalized spacial score (nSPS) is 13.5. The zero-order chi connectivity index (χ0) is 16.1. The van der Waals surface area contributed by atoms with Gasteiger partial charge in [-0.1, -0.05) is 24.3 Å². The monoisotopic (exact) mass is 420 g/mol. The fourth-order valence-corrected chi connectivity index (χ4v) is 3.59. The molecular formula is C19H21IN2O. The van der Waals surface area contributed by atoms with Crippen LogP contribution in [0.3, 0.4) is 0 Å². The average Bonchev–Trinajstić information content (AvgIpc) is 2.58. The van der Waals surface area contributed by atoms with Crippen LogP contribution in [0.15, 0.2) is 48.5 Å². The summed E-state index contributed by atoms with van der Waals surface area (Å²) in [6.07, 6.45) is 3.35. The van der Waals surface area contributed by atoms with Gasteiger partial charge in [-0.3, -0.25) is 4.79 Å². The fraction of sp³-hybridized carbons (Fsp3) is 0.316. The number of hydrogen-bond donors (Lipinski definition) is 1. The lowest BCUT2D eigenvalue weighted by molar-refractivity contribution is 0.0953. The third-order valence-electron chi connectivity index (χ3n) is 4.18. The van der Waals surface area contributed by atoms with Gasteiger partial charge in [-0.15, -0.1) is 0 Å². The highest BCUT2D eigenvalue weighted by Crippen LogP contribution is 2.26. The number of rotatable bonds is 5. The van der Waals surface area contributed by atoms with Gasteiger partial charge in [0.25, 0.3) is 5.91 Å². The Bertz CT molecular complexity index is 687. The van der Waals surface area contributed by atoms with Gasteiger partial charge in [0, 0.05) is 34.5 Å². The van der Waals surface area contributed by atoms with Gasteiger partial charge >= 0.3 is 0 Å². The zero-order valence-electron chi connectivity index (χ0n) is 13.1. The molecule has 3 nitrogen and oxygen atoms in total. The van der Waals surface area contributed by atoms with Crippen molar-refractivity contribution in [3.8, 4) is 0 Å². The van der Waals surface area contributed by atoms with Crippen LogP contribution >= 0.6 is 22.6 Å². The molecule has 2 aromatic carbocycles. The van der Waals surface area contributed by atoms with E-state index >= 15 is 0 Å². The first kappa shape index (κ1) is 16.3. The highest BCUT2D eigenvalue weighted by Gasteiger charge is 2.15. The van der Waals surface area contributed by atoms with Crippen LogP contribution in [0.25, 0.3) is 0 Å². The molecule has 120 valence electrons. The molecule has 0 radical (unpaired) electrons. The molecule has 0 atom stereocenters. The molecule has 1 heterocycles. The lowest BCUT2D eigenvalue weighted by atomic mass is 10.0. The van der Waals surface area contributed by atoms with Crippen LogP contribution in [0, 0.1) is 3.57 Å². The largest absolute Gasteiger partial charge is 0.371 e. The van der Waals surface area contributed by atoms with E-state index in [-0.39, 0.29) is 5.91 Å². The number of amides is 1. The first-order valence-corrected chi connectivity index (χ1v) is 9.18. The van der Waals surface area contributed by atoms with Crippen LogP contribution in [0.2, 0.25) is 0 Å². The Kier molecular flexibility index (Phi) is 5.54. The van der Waals surface area contributed by atoms with E-state index in [0.717, 1.165) is 28.6 Å². The minimum Gasteiger partial charge on any atom is -0.371 e. The van der Waals surface area contributed by atoms with Crippen LogP contribution in [0.1, 0.15) is 28.8 Å². The molecule has 1 N–H and O–H groups in total. The second-order valence-corrected chi connectivity index (χ2v) is 7.08. The van der Waals surface area contributed by atoms with Gasteiger partial charge in [0.05, 0.1) is 0 Å². The Hall–Kier alpha value is -1.56. The number of carbonyl (C=O) groups excluding carboxylic acids is 1. The highest BCUT2D eigenvalue weighted by molar-refractivity contribution is 14.1. The molecule has 3 rings (SSSR count). The van der Waals surface area contributed by atoms with E-state index in [1.165, 1.54) is 24.1 Å². The summed E-state index contributed by atoms with van der Waals surface area (Å²) in [7, 11) is 0. The number of anilines is 1. The summed E-state index contributed by atoms with van der Waals surface area (Å²) >= 11 is 2.23. The van der Waals surface area contributed by atoms with E-state index in [4.69, 9.17) is 0 Å². The van der Waals surface area contributed by atoms with Crippen molar-refractivity contribution in [1.82, 2.24) is 5.32 Å². The van der Waals surface area contributed by atoms with E-state index in [1.807, 2.05) is 24.3 Å². The van der Waals surface area contributed by atoms with Crippen LogP contribution in [0.4, 0.5) is 5.69 Å². The summed E-state index contributed by atoms with van der Waals surface area (Å²) in [5.41, 5.74) is 3.55. The number of fused-ring (bicyclic) bond motifs is 1. The minimum absolute atomic E-state index is 0.0163. The Labute approximate surface area is 151 Å². The predicted octanol–water partition coefficient (Wildman–Crippen LogP) is 3.86. The summed E-state index contributed by atoms with van der Waals surface area (Å²) in [6.45, 7) is 2.81. The maximum atomic E-state index is 12.1. The predicted molar refractivity (Wildman–Crippen MR) is 103 cm³/mol. The molecular weight excluding hydrogens is 399 g/mol. The van der Waals surface area contributed by atoms with E-state index in [1.54, 1.807) is 0 Å². The second kappa shape index (κ2) is 7.81. The van der Waals surface area contributed by atoms with Crippen molar-refractivity contribution in [3.05, 3.63) is 63.2 Å². The van der Waals surface area contributed by atoms with Crippen molar-refractivity contribution >= 4 is 34.2 Å². The average molecular weight is 420 g/mol. The molecule has 2 aromatic rings. The minimum atomic E-state index is 0.0163. The number of benzene rings is 2. The van der Waals surface area contributed by atoms with Gasteiger partial charge in [-0.25, -0.2) is 0 Å². The van der Waals surface area contributed by atoms with Crippen molar-refractivity contribution in [2.45, 2.75) is 19.3 Å². The standard InChI is InChI=1S/C19H21IN2O/c20-17-9-3-7-16(14-17)19(23)21-11-5-13-22-12-4-8-15-6-1-2-10-18(15)22/h1-3,6-7,9-10,14H,4-5,8,11-13H2,(H,21,23). The Morgan fingerprint density at radius 2 is 2.04 bits per heavy atom. The first-order valence-electron chi connectivity index (χ1n) is 8.10. The number of hydrogen-bond acceptors (Lipinski definition) is 2. The lowest BCUT2D eigenvalue weighted by Gasteiger charge is -2.31. The Morgan fingerprint density at radius 3 is 2.91 bits per heavy atom. The van der Waals surface area contributed by atoms with Gasteiger partial charge in [0.1, 0.15) is 0 Å². The first-order chi connectivity index (χ1) is 11.2. The van der Waals surface area contributed by atoms with Crippen molar-refractivity contribution in [3.63, 3.8) is 0 Å². The molecule has 0 saturated carbocycles. The molecule has 0 fully saturated rings. The molecule has 0 aliphatic carbocycles. The Balaban J connectivity index is 1.48. The van der Waals surface area contributed by atoms with Crippen LogP contribution in [-0.2, 0) is 6.42 Å². The zero-order valence-corrected chi connectivity index (χ0v) is 15.3. The number of halogens is 1. The fourth-order valence-electron chi connectivity index (χ4n) is 3.05. The van der Waals surface area contributed by atoms with E-state index in [9.17, 15) is 4.79 Å². The van der Waals surface area contributed by atoms with Gasteiger partial charge < -0.3 is 10.2 Å². The van der Waals surface area contributed by atoms with Gasteiger partial charge in [0.15, 0.2) is 0 Å². The van der Waals surface area contributed by atoms with Crippen molar-refractivity contribution in [2.75, 3.05) is 24.5 Å². The molecule has 0 bridgehead atoms. The summed E-state index contributed by atoms with van der Waals surface area (Å²) in [4.78, 5) is 14.6. The van der Waals surface area contributed by atoms with E-state index in [2.05, 4.69) is 57.1 Å². The molecule has 0 saturated heterocycles. The van der Waals surface area contributed by atoms with Crippen LogP contribution < -0.4 is 10.2 Å². The van der Waals surface area contributed by atoms with Crippen LogP contribution in [0.5, 0.6) is 0 Å². The molecule has 1 aliphatic heterocycles. The molecule has 0 spiro atoms. The summed E-state index contributed by atoms with van der Waals surface area (Å²) < 4.78 is 1.08. The number of nitrogens with zero attached hydrogens (tertiary/aromatic N) is 1. The van der Waals surface area contributed by atoms with Crippen molar-refractivity contribution in [1.29, 1.82) is 0 Å². The van der Waals surface area contributed by atoms with Gasteiger partial charge in [0.2, 0.25) is 0 Å². The maximum absolute atomic E-state index is 12.1. The molecule has 23 heavy (non-hydrogen) atoms. The summed E-state index contributed by atoms with van der Waals surface area (Å²) in [5, 5.41) is 3.02. The number of aryl methyl sites for hydroxylation is 1. The number of carbonyl (C=O) groups is 1. The quantitative estimate of drug-likeness (QED) is 0.589. The third kappa shape index (κ3) is 4.25. The number of nitrogens with one attached hydrogen (secondary N) is 1.